The van der Waals surface area contributed by atoms with Gasteiger partial charge in [0.05, 0.1) is 30.8 Å². The minimum atomic E-state index is -0.765. The number of hydrogen-bond acceptors (Lipinski definition) is 3. The molecule has 3 aliphatic carbocycles. The van der Waals surface area contributed by atoms with E-state index in [1.165, 1.54) is 0 Å². The Hall–Kier alpha value is -1.94. The van der Waals surface area contributed by atoms with Gasteiger partial charge in [0, 0.05) is 0 Å². The summed E-state index contributed by atoms with van der Waals surface area (Å²) in [4.78, 5) is 0. The van der Waals surface area contributed by atoms with Crippen molar-refractivity contribution in [2.45, 2.75) is 45.5 Å². The second-order valence-corrected chi connectivity index (χ2v) is 9.36. The molecule has 0 radical (unpaired) electrons. The Balaban J connectivity index is 1.57. The van der Waals surface area contributed by atoms with Gasteiger partial charge in [-0.05, 0) is 41.2 Å². The number of hydrogen-bond donors (Lipinski definition) is 2. The van der Waals surface area contributed by atoms with Crippen molar-refractivity contribution < 1.29 is 14.9 Å². The number of aliphatic hydroxyl groups is 2. The van der Waals surface area contributed by atoms with Crippen LogP contribution in [-0.2, 0) is 11.3 Å². The van der Waals surface area contributed by atoms with Crippen LogP contribution in [0, 0.1) is 22.7 Å². The molecule has 3 nitrogen and oxygen atoms in total. The van der Waals surface area contributed by atoms with Crippen LogP contribution in [0.5, 0.6) is 0 Å². The molecule has 29 heavy (non-hydrogen) atoms. The maximum absolute atomic E-state index is 11.4. The lowest BCUT2D eigenvalue weighted by Crippen LogP contribution is -2.68. The Labute approximate surface area is 174 Å². The molecule has 3 saturated carbocycles. The molecule has 2 aromatic carbocycles. The summed E-state index contributed by atoms with van der Waals surface area (Å²) in [6, 6.07) is 20.1. The minimum Gasteiger partial charge on any atom is -0.392 e. The molecule has 3 fully saturated rings. The van der Waals surface area contributed by atoms with Crippen LogP contribution in [-0.4, -0.2) is 29.0 Å². The molecule has 0 saturated heterocycles. The predicted molar refractivity (Wildman–Crippen MR) is 116 cm³/mol. The second-order valence-electron chi connectivity index (χ2n) is 9.36. The van der Waals surface area contributed by atoms with E-state index < -0.39 is 17.6 Å². The van der Waals surface area contributed by atoms with E-state index in [9.17, 15) is 10.2 Å². The molecule has 0 aromatic heterocycles. The number of fused-ring (bicyclic) bond motifs is 2. The third-order valence-electron chi connectivity index (χ3n) is 7.53. The first-order valence-corrected chi connectivity index (χ1v) is 10.7. The van der Waals surface area contributed by atoms with Gasteiger partial charge in [-0.2, -0.15) is 0 Å². The Morgan fingerprint density at radius 2 is 1.69 bits per heavy atom. The van der Waals surface area contributed by atoms with Crippen LogP contribution in [0.4, 0.5) is 0 Å². The third-order valence-corrected chi connectivity index (χ3v) is 7.53. The Bertz CT molecular complexity index is 830. The summed E-state index contributed by atoms with van der Waals surface area (Å²) in [7, 11) is 0. The molecular formula is C26H32O3. The first kappa shape index (κ1) is 20.3. The number of rotatable bonds is 7. The zero-order chi connectivity index (χ0) is 20.5. The molecule has 154 valence electrons. The Morgan fingerprint density at radius 1 is 1.03 bits per heavy atom. The van der Waals surface area contributed by atoms with Gasteiger partial charge in [0.1, 0.15) is 0 Å². The van der Waals surface area contributed by atoms with Crippen LogP contribution < -0.4 is 0 Å². The van der Waals surface area contributed by atoms with Crippen molar-refractivity contribution in [3.05, 3.63) is 77.9 Å². The van der Waals surface area contributed by atoms with Gasteiger partial charge in [0.15, 0.2) is 0 Å². The molecule has 0 amide bonds. The molecular weight excluding hydrogens is 360 g/mol. The molecule has 2 aromatic rings. The average molecular weight is 393 g/mol. The van der Waals surface area contributed by atoms with E-state index in [2.05, 4.69) is 13.8 Å². The van der Waals surface area contributed by atoms with Gasteiger partial charge >= 0.3 is 0 Å². The highest BCUT2D eigenvalue weighted by Gasteiger charge is 2.66. The van der Waals surface area contributed by atoms with Crippen molar-refractivity contribution in [1.29, 1.82) is 0 Å². The van der Waals surface area contributed by atoms with E-state index in [1.54, 1.807) is 0 Å². The molecule has 0 aliphatic heterocycles. The normalized spacial score (nSPS) is 31.4. The number of aliphatic hydroxyl groups excluding tert-OH is 2. The van der Waals surface area contributed by atoms with E-state index in [-0.39, 0.29) is 11.3 Å². The van der Waals surface area contributed by atoms with E-state index in [0.717, 1.165) is 24.0 Å². The molecule has 0 unspecified atom stereocenters. The summed E-state index contributed by atoms with van der Waals surface area (Å²) in [6.45, 7) is 5.39. The highest BCUT2D eigenvalue weighted by molar-refractivity contribution is 5.49. The lowest BCUT2D eigenvalue weighted by molar-refractivity contribution is -0.259. The van der Waals surface area contributed by atoms with Crippen molar-refractivity contribution >= 4 is 6.08 Å². The molecule has 5 rings (SSSR count). The van der Waals surface area contributed by atoms with Gasteiger partial charge in [0.2, 0.25) is 0 Å². The standard InChI is InChI=1S/C26H32O3/c1-25(2)21-15-22(25)26(24(28)16-21,18-29-17-20-11-7-4-8-12-20)23(27)14-13-19-9-5-3-6-10-19/h3-14,21-24,27-28H,15-18H2,1-2H3/b14-13+/t21-,22-,23+,24+,26+/m1/s1. The fraction of sp³-hybridized carbons (Fsp3) is 0.462. The third kappa shape index (κ3) is 3.68. The Morgan fingerprint density at radius 3 is 2.34 bits per heavy atom. The molecule has 5 atom stereocenters. The van der Waals surface area contributed by atoms with Gasteiger partial charge in [-0.3, -0.25) is 0 Å². The smallest absolute Gasteiger partial charge is 0.0830 e. The van der Waals surface area contributed by atoms with Crippen LogP contribution in [0.15, 0.2) is 66.7 Å². The highest BCUT2D eigenvalue weighted by Crippen LogP contribution is 2.67. The second kappa shape index (κ2) is 8.06. The summed E-state index contributed by atoms with van der Waals surface area (Å²) < 4.78 is 6.14. The summed E-state index contributed by atoms with van der Waals surface area (Å²) in [6.07, 6.45) is 4.25. The lowest BCUT2D eigenvalue weighted by atomic mass is 9.39. The molecule has 0 heterocycles. The van der Waals surface area contributed by atoms with Crippen molar-refractivity contribution in [3.8, 4) is 0 Å². The quantitative estimate of drug-likeness (QED) is 0.719. The van der Waals surface area contributed by atoms with Crippen molar-refractivity contribution in [1.82, 2.24) is 0 Å². The largest absolute Gasteiger partial charge is 0.392 e. The summed E-state index contributed by atoms with van der Waals surface area (Å²) in [5, 5.41) is 22.5. The van der Waals surface area contributed by atoms with Crippen molar-refractivity contribution in [3.63, 3.8) is 0 Å². The summed E-state index contributed by atoms with van der Waals surface area (Å²) >= 11 is 0. The summed E-state index contributed by atoms with van der Waals surface area (Å²) in [5.74, 6) is 0.755. The minimum absolute atomic E-state index is 0.108. The summed E-state index contributed by atoms with van der Waals surface area (Å²) in [5.41, 5.74) is 1.57. The van der Waals surface area contributed by atoms with E-state index in [0.29, 0.717) is 19.1 Å². The van der Waals surface area contributed by atoms with Crippen molar-refractivity contribution in [2.24, 2.45) is 22.7 Å². The maximum atomic E-state index is 11.4. The zero-order valence-corrected chi connectivity index (χ0v) is 17.4. The van der Waals surface area contributed by atoms with Gasteiger partial charge in [-0.25, -0.2) is 0 Å². The van der Waals surface area contributed by atoms with Crippen LogP contribution in [0.3, 0.4) is 0 Å². The Kier molecular flexibility index (Phi) is 5.65. The van der Waals surface area contributed by atoms with Gasteiger partial charge in [-0.15, -0.1) is 0 Å². The molecule has 2 bridgehead atoms. The molecule has 3 heteroatoms. The van der Waals surface area contributed by atoms with Crippen LogP contribution in [0.25, 0.3) is 6.08 Å². The maximum Gasteiger partial charge on any atom is 0.0830 e. The first-order chi connectivity index (χ1) is 13.9. The lowest BCUT2D eigenvalue weighted by Gasteiger charge is -2.67. The highest BCUT2D eigenvalue weighted by atomic mass is 16.5. The van der Waals surface area contributed by atoms with Crippen LogP contribution in [0.2, 0.25) is 0 Å². The van der Waals surface area contributed by atoms with E-state index in [1.807, 2.05) is 72.8 Å². The molecule has 2 N–H and O–H groups in total. The fourth-order valence-electron chi connectivity index (χ4n) is 5.60. The zero-order valence-electron chi connectivity index (χ0n) is 17.4. The van der Waals surface area contributed by atoms with E-state index >= 15 is 0 Å². The van der Waals surface area contributed by atoms with Gasteiger partial charge in [0.25, 0.3) is 0 Å². The van der Waals surface area contributed by atoms with Crippen LogP contribution >= 0.6 is 0 Å². The van der Waals surface area contributed by atoms with Gasteiger partial charge in [-0.1, -0.05) is 86.7 Å². The molecule has 3 aliphatic rings. The first-order valence-electron chi connectivity index (χ1n) is 10.7. The van der Waals surface area contributed by atoms with E-state index in [4.69, 9.17) is 4.74 Å². The van der Waals surface area contributed by atoms with Crippen molar-refractivity contribution in [2.75, 3.05) is 6.61 Å². The topological polar surface area (TPSA) is 49.7 Å². The average Bonchev–Trinajstić information content (AvgIpc) is 2.74. The van der Waals surface area contributed by atoms with Crippen LogP contribution in [0.1, 0.15) is 37.8 Å². The fourth-order valence-corrected chi connectivity index (χ4v) is 5.60. The molecule has 0 spiro atoms. The number of ether oxygens (including phenoxy) is 1. The van der Waals surface area contributed by atoms with Gasteiger partial charge < -0.3 is 14.9 Å². The SMILES string of the molecule is CC1(C)[C@@H]2C[C@H]1[C@@](COCc1ccccc1)([C@@H](O)/C=C/c1ccccc1)[C@@H](O)C2. The monoisotopic (exact) mass is 392 g/mol. The predicted octanol–water partition coefficient (Wildman–Crippen LogP) is 4.69. The number of benzene rings is 2.